The predicted octanol–water partition coefficient (Wildman–Crippen LogP) is 4.94. The lowest BCUT2D eigenvalue weighted by atomic mass is 9.73. The predicted molar refractivity (Wildman–Crippen MR) is 125 cm³/mol. The Morgan fingerprint density at radius 1 is 1.24 bits per heavy atom. The van der Waals surface area contributed by atoms with Crippen molar-refractivity contribution in [3.8, 4) is 0 Å². The highest BCUT2D eigenvalue weighted by molar-refractivity contribution is 5.91. The molecule has 0 saturated carbocycles. The molecular weight excluding hydrogens is 418 g/mol. The van der Waals surface area contributed by atoms with Crippen LogP contribution in [-0.2, 0) is 4.74 Å². The van der Waals surface area contributed by atoms with E-state index in [0.717, 1.165) is 42.4 Å². The lowest BCUT2D eigenvalue weighted by Crippen LogP contribution is -2.55. The minimum atomic E-state index is -0.562. The van der Waals surface area contributed by atoms with E-state index in [4.69, 9.17) is 4.74 Å². The van der Waals surface area contributed by atoms with E-state index in [1.54, 1.807) is 12.3 Å². The van der Waals surface area contributed by atoms with Crippen molar-refractivity contribution < 1.29 is 14.5 Å². The quantitative estimate of drug-likeness (QED) is 0.232. The highest BCUT2D eigenvalue weighted by Crippen LogP contribution is 2.43. The standard InChI is InChI=1S/C26H25N3O4/c1-2-17-16-28-13-11-18(17)15-24(28)25(22-10-12-27-23-9-4-3-8-21(22)23)33-26(30)19-6-5-7-20(14-19)29(31)32/h2-10,12,14,17-18,24-25H,1,11,13,15-16H2/t17?,18-,24?,25?/m0/s1. The Bertz CT molecular complexity index is 1220. The number of hydrogen-bond donors (Lipinski definition) is 0. The number of rotatable bonds is 6. The number of benzene rings is 2. The number of fused-ring (bicyclic) bond motifs is 4. The van der Waals surface area contributed by atoms with Gasteiger partial charge in [0.05, 0.1) is 22.0 Å². The van der Waals surface area contributed by atoms with Gasteiger partial charge in [0.2, 0.25) is 0 Å². The number of carbonyl (C=O) groups excluding carboxylic acids is 1. The number of pyridine rings is 1. The van der Waals surface area contributed by atoms with Crippen molar-refractivity contribution in [3.63, 3.8) is 0 Å². The molecule has 0 radical (unpaired) electrons. The van der Waals surface area contributed by atoms with Gasteiger partial charge < -0.3 is 4.74 Å². The summed E-state index contributed by atoms with van der Waals surface area (Å²) >= 11 is 0. The number of ether oxygens (including phenoxy) is 1. The average Bonchev–Trinajstić information content (AvgIpc) is 2.87. The van der Waals surface area contributed by atoms with Crippen LogP contribution in [-0.4, -0.2) is 39.9 Å². The second-order valence-electron chi connectivity index (χ2n) is 8.80. The number of nitro groups is 1. The van der Waals surface area contributed by atoms with E-state index in [2.05, 4.69) is 16.5 Å². The maximum atomic E-state index is 13.2. The van der Waals surface area contributed by atoms with Gasteiger partial charge in [-0.15, -0.1) is 6.58 Å². The minimum absolute atomic E-state index is 0.0217. The maximum Gasteiger partial charge on any atom is 0.339 e. The molecule has 6 rings (SSSR count). The van der Waals surface area contributed by atoms with Crippen LogP contribution in [0.1, 0.15) is 34.9 Å². The number of piperidine rings is 3. The topological polar surface area (TPSA) is 85.6 Å². The van der Waals surface area contributed by atoms with Gasteiger partial charge >= 0.3 is 5.97 Å². The fourth-order valence-electron chi connectivity index (χ4n) is 5.34. The number of carbonyl (C=O) groups is 1. The molecule has 0 amide bonds. The number of nitrogens with zero attached hydrogens (tertiary/aromatic N) is 3. The summed E-state index contributed by atoms with van der Waals surface area (Å²) in [5, 5.41) is 12.1. The number of nitro benzene ring substituents is 1. The summed E-state index contributed by atoms with van der Waals surface area (Å²) in [6.07, 6.45) is 5.28. The van der Waals surface area contributed by atoms with Gasteiger partial charge in [-0.1, -0.05) is 30.3 Å². The molecule has 33 heavy (non-hydrogen) atoms. The van der Waals surface area contributed by atoms with Crippen LogP contribution in [0.15, 0.2) is 73.4 Å². The van der Waals surface area contributed by atoms with E-state index in [1.165, 1.54) is 18.2 Å². The van der Waals surface area contributed by atoms with Crippen LogP contribution >= 0.6 is 0 Å². The smallest absolute Gasteiger partial charge is 0.339 e. The van der Waals surface area contributed by atoms with E-state index >= 15 is 0 Å². The molecule has 1 aromatic heterocycles. The summed E-state index contributed by atoms with van der Waals surface area (Å²) in [5.74, 6) is 0.384. The van der Waals surface area contributed by atoms with Gasteiger partial charge in [-0.2, -0.15) is 0 Å². The first-order valence-electron chi connectivity index (χ1n) is 11.2. The first kappa shape index (κ1) is 21.3. The fourth-order valence-corrected chi connectivity index (χ4v) is 5.34. The number of hydrogen-bond acceptors (Lipinski definition) is 6. The highest BCUT2D eigenvalue weighted by Gasteiger charge is 2.44. The number of esters is 1. The SMILES string of the molecule is C=CC1C[N@]2CC[C@H]1CC2C(OC(=O)c1cccc([N+](=O)[O-])c1)c1ccnc2ccccc12. The van der Waals surface area contributed by atoms with Crippen molar-refractivity contribution in [3.05, 3.63) is 94.7 Å². The summed E-state index contributed by atoms with van der Waals surface area (Å²) in [4.78, 5) is 30.8. The summed E-state index contributed by atoms with van der Waals surface area (Å²) in [5.41, 5.74) is 1.79. The first-order chi connectivity index (χ1) is 16.0. The molecule has 0 spiro atoms. The molecular formula is C26H25N3O4. The van der Waals surface area contributed by atoms with Crippen LogP contribution in [0.3, 0.4) is 0 Å². The molecule has 0 aliphatic carbocycles. The Morgan fingerprint density at radius 2 is 2.09 bits per heavy atom. The number of non-ortho nitro benzene ring substituents is 1. The van der Waals surface area contributed by atoms with E-state index in [-0.39, 0.29) is 17.3 Å². The van der Waals surface area contributed by atoms with Crippen molar-refractivity contribution in [2.24, 2.45) is 11.8 Å². The summed E-state index contributed by atoms with van der Waals surface area (Å²) in [6.45, 7) is 5.85. The van der Waals surface area contributed by atoms with E-state index in [1.807, 2.05) is 36.4 Å². The summed E-state index contributed by atoms with van der Waals surface area (Å²) in [7, 11) is 0. The van der Waals surface area contributed by atoms with Crippen molar-refractivity contribution in [1.82, 2.24) is 9.88 Å². The van der Waals surface area contributed by atoms with Crippen molar-refractivity contribution in [2.45, 2.75) is 25.0 Å². The first-order valence-corrected chi connectivity index (χ1v) is 11.2. The van der Waals surface area contributed by atoms with Gasteiger partial charge in [0, 0.05) is 35.8 Å². The van der Waals surface area contributed by atoms with Crippen LogP contribution in [0.4, 0.5) is 5.69 Å². The molecule has 3 aliphatic rings. The second-order valence-corrected chi connectivity index (χ2v) is 8.80. The average molecular weight is 444 g/mol. The van der Waals surface area contributed by atoms with Gasteiger partial charge in [0.25, 0.3) is 5.69 Å². The van der Waals surface area contributed by atoms with Crippen LogP contribution in [0, 0.1) is 22.0 Å². The Morgan fingerprint density at radius 3 is 2.85 bits per heavy atom. The zero-order valence-electron chi connectivity index (χ0n) is 18.2. The monoisotopic (exact) mass is 443 g/mol. The molecule has 4 heterocycles. The van der Waals surface area contributed by atoms with Gasteiger partial charge in [0.15, 0.2) is 0 Å². The minimum Gasteiger partial charge on any atom is -0.452 e. The molecule has 7 heteroatoms. The van der Waals surface area contributed by atoms with Crippen molar-refractivity contribution in [2.75, 3.05) is 13.1 Å². The zero-order valence-corrected chi connectivity index (χ0v) is 18.2. The zero-order chi connectivity index (χ0) is 22.9. The van der Waals surface area contributed by atoms with Crippen LogP contribution in [0.2, 0.25) is 0 Å². The third-order valence-electron chi connectivity index (χ3n) is 7.02. The van der Waals surface area contributed by atoms with Crippen LogP contribution < -0.4 is 0 Å². The summed E-state index contributed by atoms with van der Waals surface area (Å²) < 4.78 is 6.17. The Kier molecular flexibility index (Phi) is 5.64. The van der Waals surface area contributed by atoms with Crippen molar-refractivity contribution >= 4 is 22.6 Å². The number of aromatic nitrogens is 1. The third-order valence-corrected chi connectivity index (χ3v) is 7.02. The van der Waals surface area contributed by atoms with Gasteiger partial charge in [-0.3, -0.25) is 20.0 Å². The molecule has 2 aromatic carbocycles. The van der Waals surface area contributed by atoms with Crippen molar-refractivity contribution in [1.29, 1.82) is 0 Å². The Hall–Kier alpha value is -3.58. The molecule has 3 aromatic rings. The molecule has 168 valence electrons. The molecule has 5 atom stereocenters. The Balaban J connectivity index is 1.53. The van der Waals surface area contributed by atoms with E-state index in [9.17, 15) is 14.9 Å². The molecule has 3 aliphatic heterocycles. The molecule has 2 bridgehead atoms. The third kappa shape index (κ3) is 4.00. The normalized spacial score (nSPS) is 24.8. The fraction of sp³-hybridized carbons (Fsp3) is 0.308. The molecule has 3 fully saturated rings. The lowest BCUT2D eigenvalue weighted by Gasteiger charge is -2.51. The van der Waals surface area contributed by atoms with Gasteiger partial charge in [0.1, 0.15) is 6.10 Å². The second kappa shape index (κ2) is 8.75. The summed E-state index contributed by atoms with van der Waals surface area (Å²) in [6, 6.07) is 15.5. The van der Waals surface area contributed by atoms with Gasteiger partial charge in [-0.05, 0) is 49.4 Å². The van der Waals surface area contributed by atoms with Crippen LogP contribution in [0.5, 0.6) is 0 Å². The molecule has 3 unspecified atom stereocenters. The lowest BCUT2D eigenvalue weighted by molar-refractivity contribution is -0.384. The highest BCUT2D eigenvalue weighted by atomic mass is 16.6. The maximum absolute atomic E-state index is 13.2. The molecule has 0 N–H and O–H groups in total. The van der Waals surface area contributed by atoms with E-state index < -0.39 is 17.0 Å². The van der Waals surface area contributed by atoms with Gasteiger partial charge in [-0.25, -0.2) is 4.79 Å². The van der Waals surface area contributed by atoms with Crippen LogP contribution in [0.25, 0.3) is 10.9 Å². The number of para-hydroxylation sites is 1. The Labute approximate surface area is 191 Å². The van der Waals surface area contributed by atoms with E-state index in [0.29, 0.717) is 11.8 Å². The largest absolute Gasteiger partial charge is 0.452 e. The molecule has 7 nitrogen and oxygen atoms in total. The molecule has 3 saturated heterocycles.